The van der Waals surface area contributed by atoms with E-state index in [-0.39, 0.29) is 5.88 Å². The molecule has 1 unspecified atom stereocenters. The Morgan fingerprint density at radius 2 is 1.91 bits per heavy atom. The monoisotopic (exact) mass is 377 g/mol. The van der Waals surface area contributed by atoms with E-state index >= 15 is 0 Å². The zero-order valence-electron chi connectivity index (χ0n) is 11.4. The molecular weight excluding hydrogens is 366 g/mol. The summed E-state index contributed by atoms with van der Waals surface area (Å²) in [7, 11) is -1.52. The van der Waals surface area contributed by atoms with E-state index in [0.717, 1.165) is 21.3 Å². The van der Waals surface area contributed by atoms with Gasteiger partial charge in [-0.25, -0.2) is 0 Å². The fourth-order valence-corrected chi connectivity index (χ4v) is 3.24. The van der Waals surface area contributed by atoms with E-state index in [1.165, 1.54) is 6.07 Å². The summed E-state index contributed by atoms with van der Waals surface area (Å²) in [5.41, 5.74) is 1.77. The van der Waals surface area contributed by atoms with Gasteiger partial charge in [0.2, 0.25) is 4.88 Å². The summed E-state index contributed by atoms with van der Waals surface area (Å²) in [5, 5.41) is 9.28. The summed E-state index contributed by atoms with van der Waals surface area (Å²) < 4.78 is 21.9. The molecule has 1 atom stereocenters. The number of benzene rings is 2. The van der Waals surface area contributed by atoms with Crippen LogP contribution in [0.4, 0.5) is 0 Å². The van der Waals surface area contributed by atoms with Gasteiger partial charge < -0.3 is 14.4 Å². The summed E-state index contributed by atoms with van der Waals surface area (Å²) in [6.45, 7) is 0.445. The molecule has 0 radical (unpaired) electrons. The largest absolute Gasteiger partial charge is 0.568 e. The van der Waals surface area contributed by atoms with Gasteiger partial charge in [0.25, 0.3) is 5.88 Å². The van der Waals surface area contributed by atoms with Gasteiger partial charge in [-0.1, -0.05) is 34.1 Å². The summed E-state index contributed by atoms with van der Waals surface area (Å²) >= 11 is 3.40. The van der Waals surface area contributed by atoms with Gasteiger partial charge >= 0.3 is 0 Å². The first-order valence-corrected chi connectivity index (χ1v) is 8.41. The SMILES string of the molecule is [O-][s+]1nc(O)cc1-c1ccc(COc2cccc(Br)c2)cc1. The molecule has 3 aromatic rings. The first-order valence-electron chi connectivity index (χ1n) is 6.51. The number of rotatable bonds is 4. The molecule has 0 spiro atoms. The lowest BCUT2D eigenvalue weighted by molar-refractivity contribution is 0.306. The molecule has 0 aliphatic carbocycles. The molecule has 6 heteroatoms. The van der Waals surface area contributed by atoms with Crippen LogP contribution < -0.4 is 4.74 Å². The van der Waals surface area contributed by atoms with E-state index in [1.54, 1.807) is 0 Å². The highest BCUT2D eigenvalue weighted by Crippen LogP contribution is 2.33. The predicted octanol–water partition coefficient (Wildman–Crippen LogP) is 4.52. The highest BCUT2D eigenvalue weighted by molar-refractivity contribution is 9.10. The number of nitrogens with zero attached hydrogens (tertiary/aromatic N) is 1. The fraction of sp³-hybridized carbons (Fsp3) is 0.0625. The number of ether oxygens (including phenoxy) is 1. The van der Waals surface area contributed by atoms with E-state index in [4.69, 9.17) is 4.74 Å². The lowest BCUT2D eigenvalue weighted by Gasteiger charge is -2.07. The Hall–Kier alpha value is -1.89. The van der Waals surface area contributed by atoms with Crippen LogP contribution in [0.5, 0.6) is 11.6 Å². The zero-order chi connectivity index (χ0) is 15.5. The Labute approximate surface area is 139 Å². The lowest BCUT2D eigenvalue weighted by Crippen LogP contribution is -1.95. The number of aromatic hydroxyl groups is 1. The maximum atomic E-state index is 11.7. The first kappa shape index (κ1) is 15.0. The third-order valence-corrected chi connectivity index (χ3v) is 4.64. The van der Waals surface area contributed by atoms with Gasteiger partial charge in [0.1, 0.15) is 12.4 Å². The van der Waals surface area contributed by atoms with Crippen molar-refractivity contribution in [2.24, 2.45) is 0 Å². The quantitative estimate of drug-likeness (QED) is 0.678. The summed E-state index contributed by atoms with van der Waals surface area (Å²) in [4.78, 5) is 0.511. The standard InChI is InChI=1S/C16H12BrNO3S/c17-13-2-1-3-14(8-13)21-10-11-4-6-12(7-5-11)15-9-16(19)18-22(15)20/h1-9H,10H2,(H,18,19). The van der Waals surface area contributed by atoms with Crippen molar-refractivity contribution in [3.8, 4) is 22.1 Å². The molecule has 0 saturated heterocycles. The van der Waals surface area contributed by atoms with Crippen molar-refractivity contribution in [3.63, 3.8) is 0 Å². The third-order valence-electron chi connectivity index (χ3n) is 3.06. The van der Waals surface area contributed by atoms with Crippen molar-refractivity contribution in [1.29, 1.82) is 0 Å². The van der Waals surface area contributed by atoms with Crippen LogP contribution in [0, 0.1) is 0 Å². The van der Waals surface area contributed by atoms with E-state index in [1.807, 2.05) is 48.5 Å². The van der Waals surface area contributed by atoms with E-state index < -0.39 is 10.9 Å². The molecule has 0 saturated carbocycles. The molecule has 4 nitrogen and oxygen atoms in total. The Bertz CT molecular complexity index is 786. The highest BCUT2D eigenvalue weighted by Gasteiger charge is 2.14. The van der Waals surface area contributed by atoms with Crippen molar-refractivity contribution in [1.82, 2.24) is 4.37 Å². The predicted molar refractivity (Wildman–Crippen MR) is 88.5 cm³/mol. The summed E-state index contributed by atoms with van der Waals surface area (Å²) in [6.07, 6.45) is 0. The normalized spacial score (nSPS) is 11.5. The summed E-state index contributed by atoms with van der Waals surface area (Å²) in [5.74, 6) is 0.590. The van der Waals surface area contributed by atoms with Crippen LogP contribution in [-0.2, 0) is 6.61 Å². The number of halogens is 1. The van der Waals surface area contributed by atoms with Gasteiger partial charge in [0.15, 0.2) is 0 Å². The van der Waals surface area contributed by atoms with Crippen LogP contribution in [-0.4, -0.2) is 14.0 Å². The van der Waals surface area contributed by atoms with Gasteiger partial charge in [-0.3, -0.25) is 0 Å². The van der Waals surface area contributed by atoms with Crippen LogP contribution in [0.15, 0.2) is 59.1 Å². The number of hydrogen-bond donors (Lipinski definition) is 1. The van der Waals surface area contributed by atoms with Gasteiger partial charge in [0.05, 0.1) is 17.0 Å². The smallest absolute Gasteiger partial charge is 0.270 e. The van der Waals surface area contributed by atoms with Crippen molar-refractivity contribution in [2.45, 2.75) is 6.61 Å². The van der Waals surface area contributed by atoms with Gasteiger partial charge in [-0.05, 0) is 35.9 Å². The minimum absolute atomic E-state index is 0.199. The second-order valence-electron chi connectivity index (χ2n) is 4.65. The molecule has 112 valence electrons. The molecule has 0 bridgehead atoms. The van der Waals surface area contributed by atoms with Crippen LogP contribution in [0.2, 0.25) is 0 Å². The van der Waals surface area contributed by atoms with Crippen molar-refractivity contribution in [2.75, 3.05) is 0 Å². The average molecular weight is 378 g/mol. The average Bonchev–Trinajstić information content (AvgIpc) is 2.84. The molecule has 2 aromatic carbocycles. The third kappa shape index (κ3) is 3.47. The molecule has 3 rings (SSSR count). The molecule has 0 amide bonds. The van der Waals surface area contributed by atoms with Crippen LogP contribution in [0.25, 0.3) is 10.4 Å². The van der Waals surface area contributed by atoms with Crippen molar-refractivity contribution < 1.29 is 14.4 Å². The zero-order valence-corrected chi connectivity index (χ0v) is 13.8. The summed E-state index contributed by atoms with van der Waals surface area (Å²) in [6, 6.07) is 16.6. The fourth-order valence-electron chi connectivity index (χ4n) is 2.00. The molecule has 1 heterocycles. The van der Waals surface area contributed by atoms with Crippen molar-refractivity contribution >= 4 is 26.9 Å². The Kier molecular flexibility index (Phi) is 4.42. The van der Waals surface area contributed by atoms with Crippen LogP contribution >= 0.6 is 26.9 Å². The van der Waals surface area contributed by atoms with Crippen LogP contribution in [0.1, 0.15) is 5.56 Å². The molecule has 1 N–H and O–H groups in total. The minimum Gasteiger partial charge on any atom is -0.568 e. The van der Waals surface area contributed by atoms with E-state index in [0.29, 0.717) is 11.5 Å². The van der Waals surface area contributed by atoms with E-state index in [9.17, 15) is 9.66 Å². The van der Waals surface area contributed by atoms with Crippen LogP contribution in [0.3, 0.4) is 0 Å². The maximum absolute atomic E-state index is 11.7. The molecule has 0 aliphatic heterocycles. The number of hydrogen-bond acceptors (Lipinski definition) is 4. The first-order chi connectivity index (χ1) is 10.6. The molecule has 0 aliphatic rings. The lowest BCUT2D eigenvalue weighted by atomic mass is 10.1. The van der Waals surface area contributed by atoms with E-state index in [2.05, 4.69) is 20.3 Å². The maximum Gasteiger partial charge on any atom is 0.270 e. The molecular formula is C16H12BrNO3S. The topological polar surface area (TPSA) is 65.4 Å². The Morgan fingerprint density at radius 1 is 1.14 bits per heavy atom. The second kappa shape index (κ2) is 6.48. The highest BCUT2D eigenvalue weighted by atomic mass is 79.9. The van der Waals surface area contributed by atoms with Gasteiger partial charge in [-0.15, -0.1) is 0 Å². The van der Waals surface area contributed by atoms with Gasteiger partial charge in [-0.2, -0.15) is 0 Å². The number of aromatic nitrogens is 1. The second-order valence-corrected chi connectivity index (χ2v) is 6.69. The minimum atomic E-state index is -1.52. The Balaban J connectivity index is 1.70. The Morgan fingerprint density at radius 3 is 2.55 bits per heavy atom. The molecule has 22 heavy (non-hydrogen) atoms. The molecule has 0 fully saturated rings. The van der Waals surface area contributed by atoms with Crippen molar-refractivity contribution in [3.05, 3.63) is 64.6 Å². The van der Waals surface area contributed by atoms with Gasteiger partial charge in [0, 0.05) is 14.4 Å². The molecule has 1 aromatic heterocycles.